The number of hydrogen-bond donors (Lipinski definition) is 3. The number of rotatable bonds is 5. The van der Waals surface area contributed by atoms with Gasteiger partial charge in [0.2, 0.25) is 6.29 Å². The monoisotopic (exact) mass is 192 g/mol. The molecular formula is C8H16O5. The fourth-order valence-electron chi connectivity index (χ4n) is 0.680. The molecular weight excluding hydrogens is 176 g/mol. The highest BCUT2D eigenvalue weighted by molar-refractivity contribution is 5.73. The average molecular weight is 192 g/mol. The van der Waals surface area contributed by atoms with Gasteiger partial charge in [-0.05, 0) is 13.3 Å². The number of hydrogen-bond acceptors (Lipinski definition) is 5. The minimum atomic E-state index is -1.35. The molecule has 0 aromatic heterocycles. The Morgan fingerprint density at radius 2 is 1.92 bits per heavy atom. The zero-order chi connectivity index (χ0) is 10.4. The Morgan fingerprint density at radius 1 is 1.38 bits per heavy atom. The number of aliphatic hydroxyl groups is 3. The van der Waals surface area contributed by atoms with Gasteiger partial charge in [-0.15, -0.1) is 0 Å². The van der Waals surface area contributed by atoms with Crippen molar-refractivity contribution in [2.24, 2.45) is 0 Å². The maximum absolute atomic E-state index is 10.7. The van der Waals surface area contributed by atoms with E-state index in [2.05, 4.69) is 4.74 Å². The molecule has 0 saturated heterocycles. The minimum Gasteiger partial charge on any atom is -0.434 e. The first-order chi connectivity index (χ1) is 5.97. The van der Waals surface area contributed by atoms with Crippen LogP contribution >= 0.6 is 0 Å². The van der Waals surface area contributed by atoms with Gasteiger partial charge < -0.3 is 20.1 Å². The fraction of sp³-hybridized carbons (Fsp3) is 0.875. The molecule has 0 saturated carbocycles. The second-order valence-corrected chi connectivity index (χ2v) is 2.87. The molecule has 3 N–H and O–H groups in total. The van der Waals surface area contributed by atoms with Crippen molar-refractivity contribution >= 4 is 5.97 Å². The average Bonchev–Trinajstić information content (AvgIpc) is 2.03. The standard InChI is InChI=1S/C8H16O5/c1-3-6(10)4-7(11)13-8(12)5(2)9/h5-7,9-11H,3-4H2,1-2H3. The van der Waals surface area contributed by atoms with E-state index in [1.54, 1.807) is 6.92 Å². The van der Waals surface area contributed by atoms with Crippen molar-refractivity contribution in [3.63, 3.8) is 0 Å². The molecule has 0 aliphatic carbocycles. The molecule has 3 atom stereocenters. The van der Waals surface area contributed by atoms with Gasteiger partial charge in [0, 0.05) is 6.42 Å². The van der Waals surface area contributed by atoms with Crippen LogP contribution in [0.3, 0.4) is 0 Å². The summed E-state index contributed by atoms with van der Waals surface area (Å²) in [7, 11) is 0. The molecule has 0 amide bonds. The van der Waals surface area contributed by atoms with Crippen LogP contribution in [0.15, 0.2) is 0 Å². The number of ether oxygens (including phenoxy) is 1. The highest BCUT2D eigenvalue weighted by Gasteiger charge is 2.17. The second-order valence-electron chi connectivity index (χ2n) is 2.87. The van der Waals surface area contributed by atoms with E-state index in [4.69, 9.17) is 15.3 Å². The Hall–Kier alpha value is -0.650. The third-order valence-electron chi connectivity index (χ3n) is 1.54. The molecule has 0 aliphatic heterocycles. The Balaban J connectivity index is 3.74. The third kappa shape index (κ3) is 5.57. The molecule has 0 aliphatic rings. The highest BCUT2D eigenvalue weighted by atomic mass is 16.6. The smallest absolute Gasteiger partial charge is 0.336 e. The largest absolute Gasteiger partial charge is 0.434 e. The van der Waals surface area contributed by atoms with Gasteiger partial charge in [0.25, 0.3) is 0 Å². The maximum atomic E-state index is 10.7. The first kappa shape index (κ1) is 12.3. The van der Waals surface area contributed by atoms with E-state index in [1.165, 1.54) is 6.92 Å². The SMILES string of the molecule is CCC(O)CC(O)OC(=O)C(C)O. The van der Waals surface area contributed by atoms with E-state index < -0.39 is 24.5 Å². The van der Waals surface area contributed by atoms with Gasteiger partial charge in [-0.1, -0.05) is 6.92 Å². The first-order valence-electron chi connectivity index (χ1n) is 4.22. The molecule has 5 nitrogen and oxygen atoms in total. The summed E-state index contributed by atoms with van der Waals surface area (Å²) in [6.07, 6.45) is -2.86. The van der Waals surface area contributed by atoms with Crippen LogP contribution in [0.1, 0.15) is 26.7 Å². The van der Waals surface area contributed by atoms with E-state index in [-0.39, 0.29) is 6.42 Å². The van der Waals surface area contributed by atoms with Crippen LogP contribution in [-0.4, -0.2) is 39.8 Å². The lowest BCUT2D eigenvalue weighted by atomic mass is 10.2. The van der Waals surface area contributed by atoms with E-state index in [1.807, 2.05) is 0 Å². The van der Waals surface area contributed by atoms with E-state index in [0.29, 0.717) is 6.42 Å². The van der Waals surface area contributed by atoms with Crippen LogP contribution in [0, 0.1) is 0 Å². The molecule has 0 radical (unpaired) electrons. The van der Waals surface area contributed by atoms with E-state index in [9.17, 15) is 4.79 Å². The van der Waals surface area contributed by atoms with Gasteiger partial charge in [-0.25, -0.2) is 4.79 Å². The lowest BCUT2D eigenvalue weighted by Crippen LogP contribution is -2.28. The summed E-state index contributed by atoms with van der Waals surface area (Å²) in [5, 5.41) is 26.8. The Morgan fingerprint density at radius 3 is 2.31 bits per heavy atom. The van der Waals surface area contributed by atoms with Gasteiger partial charge in [0.05, 0.1) is 6.10 Å². The van der Waals surface area contributed by atoms with Crippen LogP contribution in [0.5, 0.6) is 0 Å². The molecule has 0 aromatic rings. The van der Waals surface area contributed by atoms with Crippen LogP contribution in [0.4, 0.5) is 0 Å². The third-order valence-corrected chi connectivity index (χ3v) is 1.54. The molecule has 0 bridgehead atoms. The minimum absolute atomic E-state index is 0.0328. The Labute approximate surface area is 77.0 Å². The first-order valence-corrected chi connectivity index (χ1v) is 4.22. The zero-order valence-corrected chi connectivity index (χ0v) is 7.80. The van der Waals surface area contributed by atoms with E-state index in [0.717, 1.165) is 0 Å². The highest BCUT2D eigenvalue weighted by Crippen LogP contribution is 2.04. The number of carbonyl (C=O) groups is 1. The molecule has 0 aromatic carbocycles. The number of esters is 1. The van der Waals surface area contributed by atoms with Crippen LogP contribution in [0.2, 0.25) is 0 Å². The number of carbonyl (C=O) groups excluding carboxylic acids is 1. The fourth-order valence-corrected chi connectivity index (χ4v) is 0.680. The van der Waals surface area contributed by atoms with Crippen molar-refractivity contribution in [1.29, 1.82) is 0 Å². The summed E-state index contributed by atoms with van der Waals surface area (Å²) in [6, 6.07) is 0. The predicted molar refractivity (Wildman–Crippen MR) is 44.7 cm³/mol. The normalized spacial score (nSPS) is 17.6. The summed E-state index contributed by atoms with van der Waals surface area (Å²) in [4.78, 5) is 10.7. The van der Waals surface area contributed by atoms with Crippen molar-refractivity contribution in [3.05, 3.63) is 0 Å². The molecule has 13 heavy (non-hydrogen) atoms. The van der Waals surface area contributed by atoms with Crippen LogP contribution < -0.4 is 0 Å². The lowest BCUT2D eigenvalue weighted by molar-refractivity contribution is -0.180. The van der Waals surface area contributed by atoms with Gasteiger partial charge in [0.1, 0.15) is 6.10 Å². The summed E-state index contributed by atoms with van der Waals surface area (Å²) < 4.78 is 4.39. The lowest BCUT2D eigenvalue weighted by Gasteiger charge is -2.15. The topological polar surface area (TPSA) is 87.0 Å². The van der Waals surface area contributed by atoms with Gasteiger partial charge in [0.15, 0.2) is 0 Å². The summed E-state index contributed by atoms with van der Waals surface area (Å²) in [5.74, 6) is -0.893. The maximum Gasteiger partial charge on any atom is 0.336 e. The van der Waals surface area contributed by atoms with Crippen molar-refractivity contribution < 1.29 is 24.9 Å². The molecule has 0 rings (SSSR count). The summed E-state index contributed by atoms with van der Waals surface area (Å²) in [5.41, 5.74) is 0. The van der Waals surface area contributed by atoms with Crippen molar-refractivity contribution in [3.8, 4) is 0 Å². The summed E-state index contributed by atoms with van der Waals surface area (Å²) in [6.45, 7) is 2.99. The Kier molecular flexibility index (Phi) is 5.61. The van der Waals surface area contributed by atoms with Crippen LogP contribution in [0.25, 0.3) is 0 Å². The van der Waals surface area contributed by atoms with Crippen molar-refractivity contribution in [1.82, 2.24) is 0 Å². The van der Waals surface area contributed by atoms with Gasteiger partial charge in [-0.2, -0.15) is 0 Å². The van der Waals surface area contributed by atoms with E-state index >= 15 is 0 Å². The molecule has 3 unspecified atom stereocenters. The molecule has 78 valence electrons. The molecule has 5 heteroatoms. The summed E-state index contributed by atoms with van der Waals surface area (Å²) >= 11 is 0. The second kappa shape index (κ2) is 5.90. The zero-order valence-electron chi connectivity index (χ0n) is 7.80. The van der Waals surface area contributed by atoms with Gasteiger partial charge in [-0.3, -0.25) is 0 Å². The molecule has 0 spiro atoms. The molecule has 0 fully saturated rings. The van der Waals surface area contributed by atoms with Crippen molar-refractivity contribution in [2.75, 3.05) is 0 Å². The van der Waals surface area contributed by atoms with Crippen LogP contribution in [-0.2, 0) is 9.53 Å². The Bertz CT molecular complexity index is 157. The predicted octanol–water partition coefficient (Wildman–Crippen LogP) is -0.610. The van der Waals surface area contributed by atoms with Gasteiger partial charge >= 0.3 is 5.97 Å². The quantitative estimate of drug-likeness (QED) is 0.399. The molecule has 0 heterocycles. The van der Waals surface area contributed by atoms with Crippen molar-refractivity contribution in [2.45, 2.75) is 45.2 Å². The number of aliphatic hydroxyl groups excluding tert-OH is 3.